The fraction of sp³-hybridized carbons (Fsp3) is 0.286. The monoisotopic (exact) mass is 252 g/mol. The molecule has 2 heterocycles. The SMILES string of the molecule is O=C(O)Cn1cc(CNC(=O)c2nn[nH]n2)nn1. The Bertz CT molecular complexity index is 547. The molecule has 0 saturated heterocycles. The molecule has 1 amide bonds. The lowest BCUT2D eigenvalue weighted by molar-refractivity contribution is -0.137. The zero-order valence-electron chi connectivity index (χ0n) is 8.94. The largest absolute Gasteiger partial charge is 0.480 e. The van der Waals surface area contributed by atoms with Gasteiger partial charge < -0.3 is 10.4 Å². The van der Waals surface area contributed by atoms with E-state index in [-0.39, 0.29) is 18.9 Å². The van der Waals surface area contributed by atoms with Crippen molar-refractivity contribution in [2.75, 3.05) is 0 Å². The molecular weight excluding hydrogens is 244 g/mol. The van der Waals surface area contributed by atoms with Crippen LogP contribution >= 0.6 is 0 Å². The molecule has 0 bridgehead atoms. The Kier molecular flexibility index (Phi) is 3.22. The number of tetrazole rings is 1. The number of carbonyl (C=O) groups is 2. The molecule has 0 saturated carbocycles. The minimum Gasteiger partial charge on any atom is -0.480 e. The molecule has 3 N–H and O–H groups in total. The van der Waals surface area contributed by atoms with Crippen molar-refractivity contribution < 1.29 is 14.7 Å². The molecule has 0 unspecified atom stereocenters. The number of hydrogen-bond donors (Lipinski definition) is 3. The van der Waals surface area contributed by atoms with Crippen LogP contribution in [-0.4, -0.2) is 52.6 Å². The van der Waals surface area contributed by atoms with E-state index in [4.69, 9.17) is 5.11 Å². The van der Waals surface area contributed by atoms with E-state index < -0.39 is 11.9 Å². The van der Waals surface area contributed by atoms with Crippen molar-refractivity contribution in [1.82, 2.24) is 40.9 Å². The first-order valence-electron chi connectivity index (χ1n) is 4.77. The molecule has 18 heavy (non-hydrogen) atoms. The lowest BCUT2D eigenvalue weighted by Crippen LogP contribution is -2.24. The highest BCUT2D eigenvalue weighted by atomic mass is 16.4. The third kappa shape index (κ3) is 2.84. The Morgan fingerprint density at radius 1 is 1.44 bits per heavy atom. The van der Waals surface area contributed by atoms with Gasteiger partial charge >= 0.3 is 5.97 Å². The zero-order chi connectivity index (χ0) is 13.0. The average Bonchev–Trinajstić information content (AvgIpc) is 2.95. The maximum Gasteiger partial charge on any atom is 0.325 e. The van der Waals surface area contributed by atoms with E-state index in [2.05, 4.69) is 36.3 Å². The molecule has 2 rings (SSSR count). The lowest BCUT2D eigenvalue weighted by Gasteiger charge is -1.97. The molecule has 11 nitrogen and oxygen atoms in total. The third-order valence-electron chi connectivity index (χ3n) is 1.86. The minimum atomic E-state index is -1.03. The molecule has 2 aromatic rings. The van der Waals surface area contributed by atoms with Gasteiger partial charge in [-0.3, -0.25) is 9.59 Å². The molecule has 94 valence electrons. The smallest absolute Gasteiger partial charge is 0.325 e. The number of carboxylic acids is 1. The Morgan fingerprint density at radius 2 is 2.28 bits per heavy atom. The molecule has 0 spiro atoms. The number of aromatic nitrogens is 7. The zero-order valence-corrected chi connectivity index (χ0v) is 8.94. The average molecular weight is 252 g/mol. The fourth-order valence-corrected chi connectivity index (χ4v) is 1.14. The van der Waals surface area contributed by atoms with Crippen LogP contribution in [-0.2, 0) is 17.9 Å². The fourth-order valence-electron chi connectivity index (χ4n) is 1.14. The van der Waals surface area contributed by atoms with Gasteiger partial charge in [-0.05, 0) is 5.21 Å². The summed E-state index contributed by atoms with van der Waals surface area (Å²) in [7, 11) is 0. The van der Waals surface area contributed by atoms with Crippen molar-refractivity contribution in [2.24, 2.45) is 0 Å². The van der Waals surface area contributed by atoms with Gasteiger partial charge in [-0.1, -0.05) is 5.21 Å². The lowest BCUT2D eigenvalue weighted by atomic mass is 10.4. The second kappa shape index (κ2) is 4.99. The van der Waals surface area contributed by atoms with Gasteiger partial charge in [0.05, 0.1) is 12.7 Å². The predicted molar refractivity (Wildman–Crippen MR) is 53.0 cm³/mol. The van der Waals surface area contributed by atoms with Crippen molar-refractivity contribution in [3.8, 4) is 0 Å². The number of hydrogen-bond acceptors (Lipinski definition) is 7. The van der Waals surface area contributed by atoms with Crippen LogP contribution in [0.1, 0.15) is 16.3 Å². The van der Waals surface area contributed by atoms with Gasteiger partial charge in [0.1, 0.15) is 12.2 Å². The Balaban J connectivity index is 1.88. The van der Waals surface area contributed by atoms with Crippen molar-refractivity contribution >= 4 is 11.9 Å². The summed E-state index contributed by atoms with van der Waals surface area (Å²) in [5.41, 5.74) is 0.424. The molecule has 0 aliphatic rings. The number of carbonyl (C=O) groups excluding carboxylic acids is 1. The number of nitrogens with one attached hydrogen (secondary N) is 2. The predicted octanol–water partition coefficient (Wildman–Crippen LogP) is -2.19. The van der Waals surface area contributed by atoms with Crippen LogP contribution < -0.4 is 5.32 Å². The van der Waals surface area contributed by atoms with Crippen LogP contribution in [0.2, 0.25) is 0 Å². The molecule has 0 radical (unpaired) electrons. The van der Waals surface area contributed by atoms with Gasteiger partial charge in [0, 0.05) is 0 Å². The first kappa shape index (κ1) is 11.6. The minimum absolute atomic E-state index is 0.0899. The normalized spacial score (nSPS) is 10.2. The number of amides is 1. The number of carboxylic acid groups (broad SMARTS) is 1. The molecule has 0 aliphatic carbocycles. The molecule has 0 fully saturated rings. The van der Waals surface area contributed by atoms with E-state index in [0.717, 1.165) is 4.68 Å². The Hall–Kier alpha value is -2.85. The Morgan fingerprint density at radius 3 is 2.94 bits per heavy atom. The third-order valence-corrected chi connectivity index (χ3v) is 1.86. The van der Waals surface area contributed by atoms with Gasteiger partial charge in [-0.15, -0.1) is 15.3 Å². The first-order chi connectivity index (χ1) is 8.65. The molecule has 0 atom stereocenters. The van der Waals surface area contributed by atoms with Crippen molar-refractivity contribution in [2.45, 2.75) is 13.1 Å². The molecule has 2 aromatic heterocycles. The van der Waals surface area contributed by atoms with Crippen molar-refractivity contribution in [3.05, 3.63) is 17.7 Å². The first-order valence-corrected chi connectivity index (χ1v) is 4.77. The maximum absolute atomic E-state index is 11.4. The highest BCUT2D eigenvalue weighted by Gasteiger charge is 2.11. The highest BCUT2D eigenvalue weighted by Crippen LogP contribution is 1.93. The maximum atomic E-state index is 11.4. The number of rotatable bonds is 5. The van der Waals surface area contributed by atoms with Crippen molar-refractivity contribution in [3.63, 3.8) is 0 Å². The summed E-state index contributed by atoms with van der Waals surface area (Å²) < 4.78 is 1.15. The van der Waals surface area contributed by atoms with E-state index >= 15 is 0 Å². The molecule has 11 heteroatoms. The summed E-state index contributed by atoms with van der Waals surface area (Å²) in [4.78, 5) is 21.8. The summed E-state index contributed by atoms with van der Waals surface area (Å²) in [6, 6.07) is 0. The molecule has 0 aliphatic heterocycles. The quantitative estimate of drug-likeness (QED) is 0.542. The van der Waals surface area contributed by atoms with Crippen LogP contribution in [0.3, 0.4) is 0 Å². The van der Waals surface area contributed by atoms with Gasteiger partial charge in [0.25, 0.3) is 11.7 Å². The van der Waals surface area contributed by atoms with E-state index in [1.54, 1.807) is 0 Å². The van der Waals surface area contributed by atoms with E-state index in [1.807, 2.05) is 0 Å². The van der Waals surface area contributed by atoms with Crippen LogP contribution in [0.15, 0.2) is 6.20 Å². The topological polar surface area (TPSA) is 152 Å². The summed E-state index contributed by atoms with van der Waals surface area (Å²) in [5.74, 6) is -1.63. The van der Waals surface area contributed by atoms with Gasteiger partial charge in [0.2, 0.25) is 0 Å². The standard InChI is InChI=1S/C7H8N8O3/c16-5(17)3-15-2-4(9-14-15)1-8-7(18)6-10-12-13-11-6/h2H,1,3H2,(H,8,18)(H,16,17)(H,10,11,12,13). The van der Waals surface area contributed by atoms with Crippen LogP contribution in [0.25, 0.3) is 0 Å². The van der Waals surface area contributed by atoms with E-state index in [0.29, 0.717) is 5.69 Å². The van der Waals surface area contributed by atoms with Crippen molar-refractivity contribution in [1.29, 1.82) is 0 Å². The second-order valence-electron chi connectivity index (χ2n) is 3.22. The Labute approximate surface area is 99.2 Å². The molecular formula is C7H8N8O3. The second-order valence-corrected chi connectivity index (χ2v) is 3.22. The van der Waals surface area contributed by atoms with Gasteiger partial charge in [0.15, 0.2) is 0 Å². The summed E-state index contributed by atoms with van der Waals surface area (Å²) >= 11 is 0. The number of aromatic amines is 1. The van der Waals surface area contributed by atoms with E-state index in [9.17, 15) is 9.59 Å². The van der Waals surface area contributed by atoms with E-state index in [1.165, 1.54) is 6.20 Å². The number of nitrogens with zero attached hydrogens (tertiary/aromatic N) is 6. The number of H-pyrrole nitrogens is 1. The number of aliphatic carboxylic acids is 1. The van der Waals surface area contributed by atoms with Crippen LogP contribution in [0.4, 0.5) is 0 Å². The summed E-state index contributed by atoms with van der Waals surface area (Å²) in [5, 5.41) is 30.7. The summed E-state index contributed by atoms with van der Waals surface area (Å²) in [6.45, 7) is -0.196. The van der Waals surface area contributed by atoms with Crippen LogP contribution in [0.5, 0.6) is 0 Å². The molecule has 0 aromatic carbocycles. The highest BCUT2D eigenvalue weighted by molar-refractivity contribution is 5.89. The van der Waals surface area contributed by atoms with Gasteiger partial charge in [-0.2, -0.15) is 5.21 Å². The van der Waals surface area contributed by atoms with Gasteiger partial charge in [-0.25, -0.2) is 4.68 Å². The summed E-state index contributed by atoms with van der Waals surface area (Å²) in [6.07, 6.45) is 1.42. The van der Waals surface area contributed by atoms with Crippen LogP contribution in [0, 0.1) is 0 Å².